The van der Waals surface area contributed by atoms with Gasteiger partial charge in [0.05, 0.1) is 26.3 Å². The molecule has 0 spiro atoms. The van der Waals surface area contributed by atoms with Gasteiger partial charge in [0.2, 0.25) is 0 Å². The Kier molecular flexibility index (Phi) is 5.29. The average molecular weight is 376 g/mol. The Balaban J connectivity index is 1.94. The van der Waals surface area contributed by atoms with E-state index in [4.69, 9.17) is 23.2 Å². The van der Waals surface area contributed by atoms with Gasteiger partial charge in [-0.1, -0.05) is 53.2 Å². The summed E-state index contributed by atoms with van der Waals surface area (Å²) in [6.45, 7) is 4.00. The molecule has 24 heavy (non-hydrogen) atoms. The van der Waals surface area contributed by atoms with Crippen molar-refractivity contribution in [2.75, 3.05) is 0 Å². The maximum Gasteiger partial charge on any atom is 0.0769 e. The minimum atomic E-state index is 0.581. The number of halogens is 2. The first-order valence-corrected chi connectivity index (χ1v) is 8.90. The molecule has 0 saturated heterocycles. The van der Waals surface area contributed by atoms with Crippen molar-refractivity contribution in [3.05, 3.63) is 69.5 Å². The van der Waals surface area contributed by atoms with Gasteiger partial charge in [0.25, 0.3) is 0 Å². The normalized spacial score (nSPS) is 11.3. The number of nitrogens with zero attached hydrogens (tertiary/aromatic N) is 2. The van der Waals surface area contributed by atoms with Gasteiger partial charge in [-0.25, -0.2) is 0 Å². The van der Waals surface area contributed by atoms with Gasteiger partial charge in [0.1, 0.15) is 0 Å². The molecular formula is C18H15Cl2N3S. The number of nitrogens with one attached hydrogen (secondary N) is 1. The summed E-state index contributed by atoms with van der Waals surface area (Å²) in [5.41, 5.74) is 3.60. The molecule has 0 fully saturated rings. The van der Waals surface area contributed by atoms with Crippen molar-refractivity contribution >= 4 is 46.9 Å². The molecule has 0 aliphatic rings. The first kappa shape index (κ1) is 17.1. The highest BCUT2D eigenvalue weighted by Crippen LogP contribution is 2.37. The lowest BCUT2D eigenvalue weighted by Crippen LogP contribution is -1.85. The van der Waals surface area contributed by atoms with Gasteiger partial charge >= 0.3 is 0 Å². The summed E-state index contributed by atoms with van der Waals surface area (Å²) in [5.74, 6) is 0. The van der Waals surface area contributed by atoms with E-state index < -0.39 is 0 Å². The molecule has 3 nitrogen and oxygen atoms in total. The minimum absolute atomic E-state index is 0.581. The van der Waals surface area contributed by atoms with E-state index in [1.165, 1.54) is 0 Å². The minimum Gasteiger partial charge on any atom is -0.281 e. The van der Waals surface area contributed by atoms with Crippen LogP contribution in [0.3, 0.4) is 0 Å². The van der Waals surface area contributed by atoms with E-state index in [0.717, 1.165) is 32.4 Å². The Labute approximate surface area is 155 Å². The number of hydrogen-bond acceptors (Lipinski definition) is 3. The van der Waals surface area contributed by atoms with Gasteiger partial charge in [-0.15, -0.1) is 0 Å². The average Bonchev–Trinajstić information content (AvgIpc) is 2.88. The topological polar surface area (TPSA) is 41.0 Å². The molecule has 0 saturated carbocycles. The molecule has 3 aromatic rings. The monoisotopic (exact) mass is 375 g/mol. The van der Waals surface area contributed by atoms with Crippen LogP contribution in [0.1, 0.15) is 17.0 Å². The van der Waals surface area contributed by atoms with Crippen LogP contribution in [0.5, 0.6) is 0 Å². The molecule has 0 unspecified atom stereocenters. The standard InChI is InChI=1S/C18H15Cl2N3S/c1-11-18(12(2)23-22-11)24-17-9-4-3-8-16(17)21-10-13-14(19)6-5-7-15(13)20/h3-10H,1-2H3,(H,22,23). The third-order valence-electron chi connectivity index (χ3n) is 3.47. The first-order chi connectivity index (χ1) is 11.6. The lowest BCUT2D eigenvalue weighted by molar-refractivity contribution is 1.02. The van der Waals surface area contributed by atoms with E-state index in [1.807, 2.05) is 44.2 Å². The lowest BCUT2D eigenvalue weighted by atomic mass is 10.2. The van der Waals surface area contributed by atoms with Crippen molar-refractivity contribution in [1.29, 1.82) is 0 Å². The highest BCUT2D eigenvalue weighted by Gasteiger charge is 2.11. The summed E-state index contributed by atoms with van der Waals surface area (Å²) in [6, 6.07) is 13.4. The number of benzene rings is 2. The molecular weight excluding hydrogens is 361 g/mol. The van der Waals surface area contributed by atoms with E-state index in [0.29, 0.717) is 10.0 Å². The maximum absolute atomic E-state index is 6.20. The van der Waals surface area contributed by atoms with Crippen molar-refractivity contribution in [2.45, 2.75) is 23.6 Å². The van der Waals surface area contributed by atoms with E-state index in [1.54, 1.807) is 30.1 Å². The van der Waals surface area contributed by atoms with Crippen molar-refractivity contribution in [3.63, 3.8) is 0 Å². The molecule has 1 aromatic heterocycles. The second-order valence-electron chi connectivity index (χ2n) is 5.23. The predicted molar refractivity (Wildman–Crippen MR) is 102 cm³/mol. The van der Waals surface area contributed by atoms with Crippen LogP contribution in [-0.4, -0.2) is 16.4 Å². The van der Waals surface area contributed by atoms with Gasteiger partial charge in [0, 0.05) is 22.4 Å². The summed E-state index contributed by atoms with van der Waals surface area (Å²) in [4.78, 5) is 6.76. The lowest BCUT2D eigenvalue weighted by Gasteiger charge is -2.06. The summed E-state index contributed by atoms with van der Waals surface area (Å²) in [6.07, 6.45) is 1.71. The second kappa shape index (κ2) is 7.43. The van der Waals surface area contributed by atoms with Gasteiger partial charge in [-0.2, -0.15) is 5.10 Å². The van der Waals surface area contributed by atoms with Crippen LogP contribution in [0, 0.1) is 13.8 Å². The van der Waals surface area contributed by atoms with Crippen molar-refractivity contribution in [2.24, 2.45) is 4.99 Å². The van der Waals surface area contributed by atoms with Crippen LogP contribution in [0.4, 0.5) is 5.69 Å². The SMILES string of the molecule is Cc1n[nH]c(C)c1Sc1ccccc1N=Cc1c(Cl)cccc1Cl. The van der Waals surface area contributed by atoms with Crippen molar-refractivity contribution in [1.82, 2.24) is 10.2 Å². The van der Waals surface area contributed by atoms with Crippen LogP contribution < -0.4 is 0 Å². The largest absolute Gasteiger partial charge is 0.281 e. The number of para-hydroxylation sites is 1. The Bertz CT molecular complexity index is 863. The Morgan fingerprint density at radius 2 is 1.75 bits per heavy atom. The number of hydrogen-bond donors (Lipinski definition) is 1. The van der Waals surface area contributed by atoms with Crippen LogP contribution in [0.15, 0.2) is 57.2 Å². The smallest absolute Gasteiger partial charge is 0.0769 e. The Hall–Kier alpha value is -1.75. The molecule has 3 rings (SSSR count). The quantitative estimate of drug-likeness (QED) is 0.548. The fourth-order valence-electron chi connectivity index (χ4n) is 2.22. The highest BCUT2D eigenvalue weighted by molar-refractivity contribution is 7.99. The first-order valence-electron chi connectivity index (χ1n) is 7.33. The van der Waals surface area contributed by atoms with Crippen LogP contribution in [-0.2, 0) is 0 Å². The van der Waals surface area contributed by atoms with Crippen LogP contribution >= 0.6 is 35.0 Å². The molecule has 2 aromatic carbocycles. The fourth-order valence-corrected chi connectivity index (χ4v) is 3.70. The number of rotatable bonds is 4. The Morgan fingerprint density at radius 3 is 2.42 bits per heavy atom. The number of aromatic nitrogens is 2. The molecule has 6 heteroatoms. The van der Waals surface area contributed by atoms with Gasteiger partial charge in [0.15, 0.2) is 0 Å². The third-order valence-corrected chi connectivity index (χ3v) is 5.50. The van der Waals surface area contributed by atoms with E-state index in [2.05, 4.69) is 15.2 Å². The number of aromatic amines is 1. The second-order valence-corrected chi connectivity index (χ2v) is 7.09. The summed E-state index contributed by atoms with van der Waals surface area (Å²) in [7, 11) is 0. The molecule has 0 bridgehead atoms. The van der Waals surface area contributed by atoms with E-state index >= 15 is 0 Å². The molecule has 0 atom stereocenters. The molecule has 0 aliphatic heterocycles. The van der Waals surface area contributed by atoms with Crippen molar-refractivity contribution < 1.29 is 0 Å². The number of aryl methyl sites for hydroxylation is 2. The molecule has 1 heterocycles. The van der Waals surface area contributed by atoms with E-state index in [9.17, 15) is 0 Å². The molecule has 1 N–H and O–H groups in total. The number of aliphatic imine (C=N–C) groups is 1. The van der Waals surface area contributed by atoms with Crippen molar-refractivity contribution in [3.8, 4) is 0 Å². The molecule has 0 radical (unpaired) electrons. The zero-order valence-electron chi connectivity index (χ0n) is 13.2. The summed E-state index contributed by atoms with van der Waals surface area (Å²) in [5, 5.41) is 8.41. The van der Waals surface area contributed by atoms with Gasteiger partial charge < -0.3 is 0 Å². The summed E-state index contributed by atoms with van der Waals surface area (Å²) >= 11 is 14.0. The number of H-pyrrole nitrogens is 1. The predicted octanol–water partition coefficient (Wildman–Crippen LogP) is 6.24. The van der Waals surface area contributed by atoms with Crippen LogP contribution in [0.25, 0.3) is 0 Å². The Morgan fingerprint density at radius 1 is 1.04 bits per heavy atom. The summed E-state index contributed by atoms with van der Waals surface area (Å²) < 4.78 is 0. The van der Waals surface area contributed by atoms with Gasteiger partial charge in [-0.3, -0.25) is 10.1 Å². The fraction of sp³-hybridized carbons (Fsp3) is 0.111. The molecule has 0 amide bonds. The zero-order chi connectivity index (χ0) is 17.1. The van der Waals surface area contributed by atoms with Crippen LogP contribution in [0.2, 0.25) is 10.0 Å². The van der Waals surface area contributed by atoms with E-state index in [-0.39, 0.29) is 0 Å². The third kappa shape index (κ3) is 3.66. The molecule has 0 aliphatic carbocycles. The maximum atomic E-state index is 6.20. The van der Waals surface area contributed by atoms with Gasteiger partial charge in [-0.05, 0) is 38.1 Å². The zero-order valence-corrected chi connectivity index (χ0v) is 15.5. The molecule has 122 valence electrons. The highest BCUT2D eigenvalue weighted by atomic mass is 35.5.